The molecule has 1 amide bonds. The van der Waals surface area contributed by atoms with Gasteiger partial charge in [0.15, 0.2) is 12.3 Å². The lowest BCUT2D eigenvalue weighted by atomic mass is 10.2. The number of anilines is 1. The van der Waals surface area contributed by atoms with Crippen LogP contribution in [0.3, 0.4) is 0 Å². The van der Waals surface area contributed by atoms with Crippen LogP contribution < -0.4 is 21.3 Å². The topological polar surface area (TPSA) is 95.2 Å². The van der Waals surface area contributed by atoms with Crippen LogP contribution in [-0.4, -0.2) is 26.6 Å². The fraction of sp³-hybridized carbons (Fsp3) is 0.222. The zero-order chi connectivity index (χ0) is 18.8. The van der Waals surface area contributed by atoms with Crippen molar-refractivity contribution >= 4 is 22.6 Å². The number of nitrogens with one attached hydrogen (secondary N) is 1. The van der Waals surface area contributed by atoms with Gasteiger partial charge >= 0.3 is 5.69 Å². The number of aromatic nitrogens is 3. The molecule has 0 radical (unpaired) electrons. The summed E-state index contributed by atoms with van der Waals surface area (Å²) in [5.41, 5.74) is 0.395. The SMILES string of the molecule is Cc1ccccc1OCC(=O)Nc1ccnc2c1c(=O)n(C)c(=O)n2C. The maximum atomic E-state index is 12.5. The van der Waals surface area contributed by atoms with E-state index in [1.807, 2.05) is 25.1 Å². The van der Waals surface area contributed by atoms with Crippen molar-refractivity contribution < 1.29 is 9.53 Å². The number of nitrogens with zero attached hydrogens (tertiary/aromatic N) is 3. The predicted molar refractivity (Wildman–Crippen MR) is 97.5 cm³/mol. The van der Waals surface area contributed by atoms with E-state index in [0.29, 0.717) is 5.75 Å². The second-order valence-electron chi connectivity index (χ2n) is 5.87. The number of amides is 1. The highest BCUT2D eigenvalue weighted by atomic mass is 16.5. The van der Waals surface area contributed by atoms with Gasteiger partial charge in [-0.25, -0.2) is 9.78 Å². The second-order valence-corrected chi connectivity index (χ2v) is 5.87. The summed E-state index contributed by atoms with van der Waals surface area (Å²) in [7, 11) is 2.90. The lowest BCUT2D eigenvalue weighted by Gasteiger charge is -2.12. The maximum Gasteiger partial charge on any atom is 0.332 e. The van der Waals surface area contributed by atoms with Gasteiger partial charge in [0, 0.05) is 20.3 Å². The average molecular weight is 354 g/mol. The van der Waals surface area contributed by atoms with Crippen LogP contribution in [0.5, 0.6) is 5.75 Å². The number of aryl methyl sites for hydroxylation is 2. The van der Waals surface area contributed by atoms with E-state index in [4.69, 9.17) is 4.74 Å². The molecule has 8 heteroatoms. The number of pyridine rings is 1. The van der Waals surface area contributed by atoms with Gasteiger partial charge in [0.25, 0.3) is 11.5 Å². The molecule has 8 nitrogen and oxygen atoms in total. The third-order valence-corrected chi connectivity index (χ3v) is 4.07. The molecule has 0 saturated carbocycles. The van der Waals surface area contributed by atoms with Crippen LogP contribution in [-0.2, 0) is 18.9 Å². The maximum absolute atomic E-state index is 12.5. The number of ether oxygens (including phenoxy) is 1. The van der Waals surface area contributed by atoms with Gasteiger partial charge in [0.2, 0.25) is 0 Å². The summed E-state index contributed by atoms with van der Waals surface area (Å²) < 4.78 is 7.75. The Kier molecular flexibility index (Phi) is 4.57. The van der Waals surface area contributed by atoms with Crippen molar-refractivity contribution in [3.05, 3.63) is 62.9 Å². The third kappa shape index (κ3) is 3.08. The van der Waals surface area contributed by atoms with E-state index in [1.54, 1.807) is 6.07 Å². The van der Waals surface area contributed by atoms with E-state index in [0.717, 1.165) is 10.1 Å². The van der Waals surface area contributed by atoms with Gasteiger partial charge in [0.05, 0.1) is 5.69 Å². The van der Waals surface area contributed by atoms with E-state index >= 15 is 0 Å². The molecule has 2 heterocycles. The molecule has 3 rings (SSSR count). The first-order valence-electron chi connectivity index (χ1n) is 7.93. The Labute approximate surface area is 148 Å². The number of benzene rings is 1. The lowest BCUT2D eigenvalue weighted by molar-refractivity contribution is -0.118. The first kappa shape index (κ1) is 17.4. The summed E-state index contributed by atoms with van der Waals surface area (Å²) in [4.78, 5) is 40.8. The molecule has 134 valence electrons. The minimum absolute atomic E-state index is 0.168. The van der Waals surface area contributed by atoms with Gasteiger partial charge in [-0.05, 0) is 24.6 Å². The van der Waals surface area contributed by atoms with Crippen LogP contribution in [0.2, 0.25) is 0 Å². The number of para-hydroxylation sites is 1. The van der Waals surface area contributed by atoms with Crippen molar-refractivity contribution in [2.45, 2.75) is 6.92 Å². The van der Waals surface area contributed by atoms with Gasteiger partial charge in [-0.2, -0.15) is 0 Å². The van der Waals surface area contributed by atoms with E-state index in [9.17, 15) is 14.4 Å². The Balaban J connectivity index is 1.90. The van der Waals surface area contributed by atoms with Crippen molar-refractivity contribution in [3.63, 3.8) is 0 Å². The molecule has 0 spiro atoms. The number of fused-ring (bicyclic) bond motifs is 1. The molecule has 0 saturated heterocycles. The Morgan fingerprint density at radius 3 is 2.62 bits per heavy atom. The molecule has 0 fully saturated rings. The molecule has 0 aliphatic carbocycles. The molecular weight excluding hydrogens is 336 g/mol. The molecule has 0 aliphatic rings. The van der Waals surface area contributed by atoms with Crippen molar-refractivity contribution in [3.8, 4) is 5.75 Å². The molecule has 0 atom stereocenters. The highest BCUT2D eigenvalue weighted by molar-refractivity contribution is 6.00. The number of carbonyl (C=O) groups is 1. The quantitative estimate of drug-likeness (QED) is 0.753. The number of hydrogen-bond acceptors (Lipinski definition) is 5. The zero-order valence-electron chi connectivity index (χ0n) is 14.6. The molecule has 0 aliphatic heterocycles. The zero-order valence-corrected chi connectivity index (χ0v) is 14.6. The average Bonchev–Trinajstić information content (AvgIpc) is 2.64. The predicted octanol–water partition coefficient (Wildman–Crippen LogP) is 0.958. The molecule has 0 bridgehead atoms. The summed E-state index contributed by atoms with van der Waals surface area (Å²) in [5, 5.41) is 2.82. The lowest BCUT2D eigenvalue weighted by Crippen LogP contribution is -2.37. The van der Waals surface area contributed by atoms with Crippen molar-refractivity contribution in [2.24, 2.45) is 14.1 Å². The third-order valence-electron chi connectivity index (χ3n) is 4.07. The van der Waals surface area contributed by atoms with Crippen molar-refractivity contribution in [2.75, 3.05) is 11.9 Å². The fourth-order valence-electron chi connectivity index (χ4n) is 2.64. The summed E-state index contributed by atoms with van der Waals surface area (Å²) in [6.45, 7) is 1.68. The van der Waals surface area contributed by atoms with E-state index in [2.05, 4.69) is 10.3 Å². The van der Waals surface area contributed by atoms with Crippen molar-refractivity contribution in [1.29, 1.82) is 0 Å². The Morgan fingerprint density at radius 2 is 1.88 bits per heavy atom. The summed E-state index contributed by atoms with van der Waals surface area (Å²) in [6, 6.07) is 8.87. The van der Waals surface area contributed by atoms with Crippen LogP contribution in [0.4, 0.5) is 5.69 Å². The standard InChI is InChI=1S/C18H18N4O4/c1-11-6-4-5-7-13(11)26-10-14(23)20-12-8-9-19-16-15(12)17(24)22(3)18(25)21(16)2/h4-9H,10H2,1-3H3,(H,19,20,23). The van der Waals surface area contributed by atoms with E-state index < -0.39 is 17.2 Å². The fourth-order valence-corrected chi connectivity index (χ4v) is 2.64. The molecule has 0 unspecified atom stereocenters. The number of rotatable bonds is 4. The minimum atomic E-state index is -0.522. The molecule has 26 heavy (non-hydrogen) atoms. The smallest absolute Gasteiger partial charge is 0.332 e. The minimum Gasteiger partial charge on any atom is -0.483 e. The first-order chi connectivity index (χ1) is 12.4. The van der Waals surface area contributed by atoms with Crippen LogP contribution in [0, 0.1) is 6.92 Å². The number of hydrogen-bond donors (Lipinski definition) is 1. The molecule has 3 aromatic rings. The normalized spacial score (nSPS) is 10.7. The Morgan fingerprint density at radius 1 is 1.15 bits per heavy atom. The number of carbonyl (C=O) groups excluding carboxylic acids is 1. The monoisotopic (exact) mass is 354 g/mol. The first-order valence-corrected chi connectivity index (χ1v) is 7.93. The Hall–Kier alpha value is -3.42. The van der Waals surface area contributed by atoms with Crippen LogP contribution in [0.25, 0.3) is 11.0 Å². The largest absolute Gasteiger partial charge is 0.483 e. The van der Waals surface area contributed by atoms with Gasteiger partial charge < -0.3 is 10.1 Å². The van der Waals surface area contributed by atoms with Gasteiger partial charge in [0.1, 0.15) is 11.1 Å². The summed E-state index contributed by atoms with van der Waals surface area (Å²) >= 11 is 0. The van der Waals surface area contributed by atoms with Crippen LogP contribution in [0.15, 0.2) is 46.1 Å². The van der Waals surface area contributed by atoms with E-state index in [1.165, 1.54) is 30.9 Å². The van der Waals surface area contributed by atoms with Gasteiger partial charge in [-0.1, -0.05) is 18.2 Å². The molecule has 1 aromatic carbocycles. The summed E-state index contributed by atoms with van der Waals surface area (Å²) in [5.74, 6) is 0.192. The van der Waals surface area contributed by atoms with E-state index in [-0.39, 0.29) is 23.3 Å². The molecular formula is C18H18N4O4. The highest BCUT2D eigenvalue weighted by Gasteiger charge is 2.15. The van der Waals surface area contributed by atoms with Gasteiger partial charge in [-0.15, -0.1) is 0 Å². The molecule has 2 aromatic heterocycles. The van der Waals surface area contributed by atoms with Crippen LogP contribution in [0.1, 0.15) is 5.56 Å². The van der Waals surface area contributed by atoms with Gasteiger partial charge in [-0.3, -0.25) is 18.7 Å². The highest BCUT2D eigenvalue weighted by Crippen LogP contribution is 2.18. The summed E-state index contributed by atoms with van der Waals surface area (Å²) in [6.07, 6.45) is 1.43. The Bertz CT molecular complexity index is 1110. The molecule has 1 N–H and O–H groups in total. The van der Waals surface area contributed by atoms with Crippen LogP contribution >= 0.6 is 0 Å². The van der Waals surface area contributed by atoms with Crippen molar-refractivity contribution in [1.82, 2.24) is 14.1 Å². The second kappa shape index (κ2) is 6.83.